The predicted octanol–water partition coefficient (Wildman–Crippen LogP) is 0.454. The summed E-state index contributed by atoms with van der Waals surface area (Å²) in [5.41, 5.74) is 0. The van der Waals surface area contributed by atoms with Crippen LogP contribution in [-0.4, -0.2) is 43.9 Å². The highest BCUT2D eigenvalue weighted by Gasteiger charge is 2.35. The first kappa shape index (κ1) is 12.5. The molecule has 0 radical (unpaired) electrons. The molecule has 6 heteroatoms. The fraction of sp³-hybridized carbons (Fsp3) is 0.545. The van der Waals surface area contributed by atoms with Gasteiger partial charge in [0, 0.05) is 25.3 Å². The number of nitrogens with zero attached hydrogens (tertiary/aromatic N) is 2. The van der Waals surface area contributed by atoms with Crippen LogP contribution in [0.3, 0.4) is 0 Å². The molecule has 1 aromatic heterocycles. The van der Waals surface area contributed by atoms with Gasteiger partial charge in [0.15, 0.2) is 5.03 Å². The van der Waals surface area contributed by atoms with Gasteiger partial charge >= 0.3 is 0 Å². The third-order valence-corrected chi connectivity index (χ3v) is 4.84. The number of rotatable bonds is 4. The quantitative estimate of drug-likeness (QED) is 0.848. The molecule has 0 aromatic carbocycles. The van der Waals surface area contributed by atoms with Crippen LogP contribution in [0.5, 0.6) is 0 Å². The average Bonchev–Trinajstić information content (AvgIpc) is 2.80. The summed E-state index contributed by atoms with van der Waals surface area (Å²) in [5, 5.41) is 3.18. The van der Waals surface area contributed by atoms with Crippen LogP contribution in [0.4, 0.5) is 0 Å². The summed E-state index contributed by atoms with van der Waals surface area (Å²) in [6, 6.07) is 5.01. The Morgan fingerprint density at radius 3 is 3.00 bits per heavy atom. The maximum Gasteiger partial charge on any atom is 0.260 e. The number of likely N-dealkylation sites (N-methyl/N-ethyl adjacent to an activating group) is 1. The summed E-state index contributed by atoms with van der Waals surface area (Å²) in [7, 11) is -1.59. The van der Waals surface area contributed by atoms with Gasteiger partial charge in [0.1, 0.15) is 0 Å². The first-order valence-corrected chi connectivity index (χ1v) is 7.18. The SMILES string of the molecule is CNC[C@H]1CCCN1S(=O)(=O)c1ccccn1. The van der Waals surface area contributed by atoms with E-state index in [0.29, 0.717) is 13.1 Å². The van der Waals surface area contributed by atoms with Crippen molar-refractivity contribution in [1.82, 2.24) is 14.6 Å². The van der Waals surface area contributed by atoms with E-state index in [1.807, 2.05) is 7.05 Å². The molecule has 0 spiro atoms. The van der Waals surface area contributed by atoms with E-state index in [0.717, 1.165) is 12.8 Å². The van der Waals surface area contributed by atoms with Gasteiger partial charge in [-0.05, 0) is 32.0 Å². The number of hydrogen-bond donors (Lipinski definition) is 1. The van der Waals surface area contributed by atoms with Crippen LogP contribution in [-0.2, 0) is 10.0 Å². The lowest BCUT2D eigenvalue weighted by atomic mass is 10.2. The van der Waals surface area contributed by atoms with Crippen LogP contribution >= 0.6 is 0 Å². The molecule has 0 bridgehead atoms. The second-order valence-electron chi connectivity index (χ2n) is 4.14. The number of hydrogen-bond acceptors (Lipinski definition) is 4. The smallest absolute Gasteiger partial charge is 0.260 e. The lowest BCUT2D eigenvalue weighted by molar-refractivity contribution is 0.377. The third kappa shape index (κ3) is 2.48. The summed E-state index contributed by atoms with van der Waals surface area (Å²) in [5.74, 6) is 0. The predicted molar refractivity (Wildman–Crippen MR) is 65.1 cm³/mol. The van der Waals surface area contributed by atoms with Gasteiger partial charge < -0.3 is 5.32 Å². The van der Waals surface area contributed by atoms with Crippen molar-refractivity contribution in [3.63, 3.8) is 0 Å². The summed E-state index contributed by atoms with van der Waals surface area (Å²) in [4.78, 5) is 3.94. The van der Waals surface area contributed by atoms with Gasteiger partial charge in [-0.1, -0.05) is 6.07 Å². The van der Waals surface area contributed by atoms with E-state index in [1.165, 1.54) is 6.20 Å². The molecule has 1 aromatic rings. The molecular formula is C11H17N3O2S. The van der Waals surface area contributed by atoms with Crippen molar-refractivity contribution >= 4 is 10.0 Å². The average molecular weight is 255 g/mol. The van der Waals surface area contributed by atoms with Crippen molar-refractivity contribution in [2.45, 2.75) is 23.9 Å². The summed E-state index contributed by atoms with van der Waals surface area (Å²) in [6.07, 6.45) is 3.33. The van der Waals surface area contributed by atoms with Crippen LogP contribution < -0.4 is 5.32 Å². The zero-order valence-corrected chi connectivity index (χ0v) is 10.7. The molecular weight excluding hydrogens is 238 g/mol. The molecule has 1 saturated heterocycles. The molecule has 5 nitrogen and oxygen atoms in total. The van der Waals surface area contributed by atoms with Gasteiger partial charge in [-0.15, -0.1) is 0 Å². The molecule has 94 valence electrons. The molecule has 1 aliphatic rings. The topological polar surface area (TPSA) is 62.3 Å². The summed E-state index contributed by atoms with van der Waals surface area (Å²) >= 11 is 0. The second-order valence-corrected chi connectivity index (χ2v) is 5.97. The van der Waals surface area contributed by atoms with Crippen LogP contribution in [0.25, 0.3) is 0 Å². The van der Waals surface area contributed by atoms with E-state index in [4.69, 9.17) is 0 Å². The first-order chi connectivity index (χ1) is 8.16. The standard InChI is InChI=1S/C11H17N3O2S/c1-12-9-10-5-4-8-14(10)17(15,16)11-6-2-3-7-13-11/h2-3,6-7,10,12H,4-5,8-9H2,1H3/t10-/m1/s1. The molecule has 2 heterocycles. The molecule has 1 aliphatic heterocycles. The molecule has 0 amide bonds. The minimum absolute atomic E-state index is 0.0482. The Morgan fingerprint density at radius 1 is 1.53 bits per heavy atom. The van der Waals surface area contributed by atoms with Crippen molar-refractivity contribution in [2.24, 2.45) is 0 Å². The molecule has 0 saturated carbocycles. The normalized spacial score (nSPS) is 21.8. The van der Waals surface area contributed by atoms with Crippen molar-refractivity contribution in [3.05, 3.63) is 24.4 Å². The van der Waals surface area contributed by atoms with E-state index in [-0.39, 0.29) is 11.1 Å². The van der Waals surface area contributed by atoms with E-state index < -0.39 is 10.0 Å². The second kappa shape index (κ2) is 5.12. The van der Waals surface area contributed by atoms with Gasteiger partial charge in [0.2, 0.25) is 0 Å². The van der Waals surface area contributed by atoms with Gasteiger partial charge in [-0.3, -0.25) is 0 Å². The van der Waals surface area contributed by atoms with Crippen molar-refractivity contribution in [2.75, 3.05) is 20.1 Å². The Morgan fingerprint density at radius 2 is 2.35 bits per heavy atom. The fourth-order valence-corrected chi connectivity index (χ4v) is 3.81. The number of nitrogens with one attached hydrogen (secondary N) is 1. The minimum Gasteiger partial charge on any atom is -0.318 e. The largest absolute Gasteiger partial charge is 0.318 e. The maximum atomic E-state index is 12.4. The lowest BCUT2D eigenvalue weighted by Gasteiger charge is -2.23. The van der Waals surface area contributed by atoms with Crippen molar-refractivity contribution in [1.29, 1.82) is 0 Å². The lowest BCUT2D eigenvalue weighted by Crippen LogP contribution is -2.41. The molecule has 1 N–H and O–H groups in total. The van der Waals surface area contributed by atoms with Crippen molar-refractivity contribution in [3.8, 4) is 0 Å². The van der Waals surface area contributed by atoms with E-state index in [1.54, 1.807) is 22.5 Å². The number of pyridine rings is 1. The fourth-order valence-electron chi connectivity index (χ4n) is 2.19. The van der Waals surface area contributed by atoms with Crippen LogP contribution in [0.2, 0.25) is 0 Å². The summed E-state index contributed by atoms with van der Waals surface area (Å²) < 4.78 is 26.3. The zero-order chi connectivity index (χ0) is 12.3. The Kier molecular flexibility index (Phi) is 3.76. The molecule has 0 unspecified atom stereocenters. The van der Waals surface area contributed by atoms with Gasteiger partial charge in [-0.25, -0.2) is 13.4 Å². The van der Waals surface area contributed by atoms with Crippen LogP contribution in [0.15, 0.2) is 29.4 Å². The first-order valence-electron chi connectivity index (χ1n) is 5.73. The number of sulfonamides is 1. The van der Waals surface area contributed by atoms with E-state index >= 15 is 0 Å². The Balaban J connectivity index is 2.27. The van der Waals surface area contributed by atoms with Crippen LogP contribution in [0, 0.1) is 0 Å². The molecule has 17 heavy (non-hydrogen) atoms. The van der Waals surface area contributed by atoms with Crippen LogP contribution in [0.1, 0.15) is 12.8 Å². The van der Waals surface area contributed by atoms with E-state index in [2.05, 4.69) is 10.3 Å². The third-order valence-electron chi connectivity index (χ3n) is 2.97. The van der Waals surface area contributed by atoms with Gasteiger partial charge in [-0.2, -0.15) is 4.31 Å². The number of aromatic nitrogens is 1. The molecule has 1 fully saturated rings. The highest BCUT2D eigenvalue weighted by atomic mass is 32.2. The zero-order valence-electron chi connectivity index (χ0n) is 9.83. The van der Waals surface area contributed by atoms with Crippen molar-refractivity contribution < 1.29 is 8.42 Å². The molecule has 1 atom stereocenters. The minimum atomic E-state index is -3.43. The Labute approximate surface area is 102 Å². The monoisotopic (exact) mass is 255 g/mol. The highest BCUT2D eigenvalue weighted by Crippen LogP contribution is 2.24. The highest BCUT2D eigenvalue weighted by molar-refractivity contribution is 7.89. The summed E-state index contributed by atoms with van der Waals surface area (Å²) in [6.45, 7) is 1.28. The Hall–Kier alpha value is -0.980. The van der Waals surface area contributed by atoms with Gasteiger partial charge in [0.05, 0.1) is 0 Å². The van der Waals surface area contributed by atoms with E-state index in [9.17, 15) is 8.42 Å². The van der Waals surface area contributed by atoms with Gasteiger partial charge in [0.25, 0.3) is 10.0 Å². The molecule has 0 aliphatic carbocycles. The molecule has 2 rings (SSSR count). The maximum absolute atomic E-state index is 12.4. The Bertz CT molecular complexity index is 461.